The first-order valence-corrected chi connectivity index (χ1v) is 21.1. The van der Waals surface area contributed by atoms with Crippen LogP contribution in [0.1, 0.15) is 59.8 Å². The molecule has 0 amide bonds. The van der Waals surface area contributed by atoms with E-state index in [1.54, 1.807) is 0 Å². The van der Waals surface area contributed by atoms with Gasteiger partial charge in [0.2, 0.25) is 0 Å². The Balaban J connectivity index is 4.19. The van der Waals surface area contributed by atoms with Gasteiger partial charge in [-0.25, -0.2) is 0 Å². The zero-order valence-corrected chi connectivity index (χ0v) is 28.8. The maximum Gasteiger partial charge on any atom is 0.309 e. The normalized spacial score (nSPS) is 15.2. The monoisotopic (exact) mass is 585 g/mol. The minimum Gasteiger partial charge on any atom is -0.465 e. The van der Waals surface area contributed by atoms with Gasteiger partial charge in [-0.1, -0.05) is 20.4 Å². The third-order valence-corrected chi connectivity index (χ3v) is 14.4. The van der Waals surface area contributed by atoms with E-state index in [9.17, 15) is 9.59 Å². The minimum absolute atomic E-state index is 0.0780. The zero-order valence-electron chi connectivity index (χ0n) is 26.8. The molecule has 0 aromatic carbocycles. The van der Waals surface area contributed by atoms with Crippen molar-refractivity contribution in [3.8, 4) is 0 Å². The van der Waals surface area contributed by atoms with E-state index in [4.69, 9.17) is 13.6 Å². The summed E-state index contributed by atoms with van der Waals surface area (Å²) >= 11 is 0. The van der Waals surface area contributed by atoms with Gasteiger partial charge in [0.25, 0.3) is 0 Å². The lowest BCUT2D eigenvalue weighted by atomic mass is 10.0. The Morgan fingerprint density at radius 1 is 0.821 bits per heavy atom. The number of rotatable bonds is 23. The highest BCUT2D eigenvalue weighted by Gasteiger charge is 2.32. The van der Waals surface area contributed by atoms with Crippen molar-refractivity contribution >= 4 is 36.4 Å². The van der Waals surface area contributed by atoms with E-state index in [-0.39, 0.29) is 23.8 Å². The number of ether oxygens (including phenoxy) is 2. The maximum atomic E-state index is 12.5. The molecule has 0 heterocycles. The second-order valence-corrected chi connectivity index (χ2v) is 21.4. The predicted octanol–water partition coefficient (Wildman–Crippen LogP) is 4.00. The van der Waals surface area contributed by atoms with Crippen molar-refractivity contribution in [3.05, 3.63) is 12.2 Å². The number of esters is 2. The van der Waals surface area contributed by atoms with Gasteiger partial charge < -0.3 is 29.5 Å². The number of hydrogen-bond acceptors (Lipinski definition) is 8. The molecule has 0 saturated carbocycles. The Kier molecular flexibility index (Phi) is 19.3. The van der Waals surface area contributed by atoms with Crippen molar-refractivity contribution in [2.75, 3.05) is 33.4 Å². The molecular formula is C28H60BN3O5Si2. The zero-order chi connectivity index (χ0) is 30.1. The minimum atomic E-state index is -1.88. The molecule has 228 valence electrons. The summed E-state index contributed by atoms with van der Waals surface area (Å²) in [6.07, 6.45) is 4.52. The first kappa shape index (κ1) is 37.9. The van der Waals surface area contributed by atoms with Crippen LogP contribution in [-0.4, -0.2) is 81.9 Å². The molecule has 0 aromatic heterocycles. The Labute approximate surface area is 242 Å². The summed E-state index contributed by atoms with van der Waals surface area (Å²) in [6, 6.07) is 2.65. The molecule has 39 heavy (non-hydrogen) atoms. The molecule has 0 aliphatic heterocycles. The van der Waals surface area contributed by atoms with E-state index in [0.717, 1.165) is 56.3 Å². The van der Waals surface area contributed by atoms with Gasteiger partial charge in [-0.3, -0.25) is 9.59 Å². The summed E-state index contributed by atoms with van der Waals surface area (Å²) < 4.78 is 17.7. The van der Waals surface area contributed by atoms with Crippen LogP contribution in [0.5, 0.6) is 0 Å². The summed E-state index contributed by atoms with van der Waals surface area (Å²) in [5, 5.41) is 9.87. The average Bonchev–Trinajstić information content (AvgIpc) is 2.83. The maximum absolute atomic E-state index is 12.5. The molecule has 0 fully saturated rings. The van der Waals surface area contributed by atoms with Crippen LogP contribution in [0.2, 0.25) is 38.3 Å². The summed E-state index contributed by atoms with van der Waals surface area (Å²) in [5.41, 5.74) is 0.989. The van der Waals surface area contributed by atoms with E-state index in [2.05, 4.69) is 62.6 Å². The molecule has 0 spiro atoms. The molecule has 8 nitrogen and oxygen atoms in total. The molecular weight excluding hydrogens is 525 g/mol. The lowest BCUT2D eigenvalue weighted by Crippen LogP contribution is -2.44. The van der Waals surface area contributed by atoms with Crippen LogP contribution in [0.3, 0.4) is 0 Å². The molecule has 0 saturated heterocycles. The molecule has 0 bridgehead atoms. The van der Waals surface area contributed by atoms with Gasteiger partial charge in [-0.2, -0.15) is 0 Å². The van der Waals surface area contributed by atoms with Crippen molar-refractivity contribution in [2.24, 2.45) is 11.8 Å². The number of hydrogen-bond donors (Lipinski definition) is 3. The van der Waals surface area contributed by atoms with E-state index in [1.807, 2.05) is 28.7 Å². The Morgan fingerprint density at radius 2 is 1.31 bits per heavy atom. The topological polar surface area (TPSA) is 97.9 Å². The third-order valence-electron chi connectivity index (χ3n) is 6.82. The molecule has 0 aliphatic carbocycles. The quantitative estimate of drug-likeness (QED) is 0.0941. The molecule has 0 radical (unpaired) electrons. The molecule has 4 atom stereocenters. The van der Waals surface area contributed by atoms with Crippen molar-refractivity contribution in [3.63, 3.8) is 0 Å². The Morgan fingerprint density at radius 3 is 1.79 bits per heavy atom. The fourth-order valence-corrected chi connectivity index (χ4v) is 13.3. The number of nitrogens with one attached hydrogen (secondary N) is 3. The van der Waals surface area contributed by atoms with Gasteiger partial charge in [0.15, 0.2) is 24.5 Å². The summed E-state index contributed by atoms with van der Waals surface area (Å²) in [4.78, 5) is 24.5. The van der Waals surface area contributed by atoms with Gasteiger partial charge >= 0.3 is 11.9 Å². The lowest BCUT2D eigenvalue weighted by molar-refractivity contribution is -0.148. The second-order valence-electron chi connectivity index (χ2n) is 12.6. The van der Waals surface area contributed by atoms with Crippen LogP contribution >= 0.6 is 0 Å². The highest BCUT2D eigenvalue weighted by molar-refractivity contribution is 6.84. The predicted molar refractivity (Wildman–Crippen MR) is 171 cm³/mol. The molecule has 3 N–H and O–H groups in total. The van der Waals surface area contributed by atoms with Crippen molar-refractivity contribution in [1.29, 1.82) is 0 Å². The average molecular weight is 586 g/mol. The number of carbonyl (C=O) groups excluding carboxylic acids is 2. The fraction of sp³-hybridized carbons (Fsp3) is 0.857. The van der Waals surface area contributed by atoms with Crippen LogP contribution in [0.25, 0.3) is 0 Å². The standard InChI is InChI=1S/C28H60BN3O5Si2/c1-22(15-16-30-6)27(33)35-17-11-19-38(7,8)37-39(9,10)20-12-18-36-28(34)23(2)21-31-24(3)13-14-25(4)32-26(5)29/h22-25,30-32H,5,11-21,29H2,1-4,6-10H3. The molecule has 4 unspecified atom stereocenters. The van der Waals surface area contributed by atoms with E-state index in [0.29, 0.717) is 31.8 Å². The molecule has 0 aliphatic rings. The van der Waals surface area contributed by atoms with Gasteiger partial charge in [-0.15, -0.1) is 0 Å². The van der Waals surface area contributed by atoms with Crippen molar-refractivity contribution in [2.45, 2.75) is 110 Å². The first-order valence-electron chi connectivity index (χ1n) is 14.9. The highest BCUT2D eigenvalue weighted by Crippen LogP contribution is 2.24. The van der Waals surface area contributed by atoms with Crippen molar-refractivity contribution < 1.29 is 23.2 Å². The second kappa shape index (κ2) is 19.9. The SMILES string of the molecule is BC(=C)NC(C)CCC(C)NCC(C)C(=O)OCCC[Si](C)(C)O[Si](C)(C)CCCOC(=O)C(C)CCNC. The van der Waals surface area contributed by atoms with E-state index in [1.165, 1.54) is 0 Å². The van der Waals surface area contributed by atoms with Gasteiger partial charge in [0, 0.05) is 18.6 Å². The molecule has 0 rings (SSSR count). The van der Waals surface area contributed by atoms with Crippen LogP contribution in [0.4, 0.5) is 0 Å². The fourth-order valence-electron chi connectivity index (χ4n) is 4.51. The lowest BCUT2D eigenvalue weighted by Gasteiger charge is -2.34. The summed E-state index contributed by atoms with van der Waals surface area (Å²) in [6.45, 7) is 23.3. The van der Waals surface area contributed by atoms with E-state index >= 15 is 0 Å². The molecule has 11 heteroatoms. The van der Waals surface area contributed by atoms with Gasteiger partial charge in [0.05, 0.1) is 25.0 Å². The van der Waals surface area contributed by atoms with Gasteiger partial charge in [-0.05, 0) is 103 Å². The summed E-state index contributed by atoms with van der Waals surface area (Å²) in [5.74, 6) is -0.509. The van der Waals surface area contributed by atoms with Crippen LogP contribution < -0.4 is 16.0 Å². The van der Waals surface area contributed by atoms with Gasteiger partial charge in [0.1, 0.15) is 0 Å². The first-order chi connectivity index (χ1) is 18.1. The van der Waals surface area contributed by atoms with E-state index < -0.39 is 16.6 Å². The van der Waals surface area contributed by atoms with Crippen LogP contribution in [0.15, 0.2) is 12.2 Å². The van der Waals surface area contributed by atoms with Crippen LogP contribution in [0, 0.1) is 11.8 Å². The number of carbonyl (C=O) groups is 2. The smallest absolute Gasteiger partial charge is 0.309 e. The Bertz CT molecular complexity index is 727. The molecule has 0 aromatic rings. The van der Waals surface area contributed by atoms with Crippen LogP contribution in [-0.2, 0) is 23.2 Å². The third kappa shape index (κ3) is 20.4. The largest absolute Gasteiger partial charge is 0.465 e. The summed E-state index contributed by atoms with van der Waals surface area (Å²) in [7, 11) is 0.115. The Hall–Kier alpha value is -1.14. The van der Waals surface area contributed by atoms with Crippen molar-refractivity contribution in [1.82, 2.24) is 16.0 Å². The highest BCUT2D eigenvalue weighted by atomic mass is 28.4.